The SMILES string of the molecule is C[C@H](Nc1ccc(C(=O)N2CCS(=O)(=O)CC2)cn1)c1ccccc1. The number of hydrogen-bond donors (Lipinski definition) is 1. The van der Waals surface area contributed by atoms with E-state index >= 15 is 0 Å². The quantitative estimate of drug-likeness (QED) is 0.905. The molecule has 0 spiro atoms. The number of amides is 1. The van der Waals surface area contributed by atoms with Crippen LogP contribution in [0.3, 0.4) is 0 Å². The second-order valence-electron chi connectivity index (χ2n) is 6.15. The molecule has 7 heteroatoms. The molecule has 1 N–H and O–H groups in total. The van der Waals surface area contributed by atoms with E-state index in [0.717, 1.165) is 5.56 Å². The van der Waals surface area contributed by atoms with Crippen LogP contribution in [-0.2, 0) is 9.84 Å². The van der Waals surface area contributed by atoms with Crippen molar-refractivity contribution in [1.82, 2.24) is 9.88 Å². The molecule has 1 fully saturated rings. The number of anilines is 1. The summed E-state index contributed by atoms with van der Waals surface area (Å²) in [5.74, 6) is 0.569. The maximum Gasteiger partial charge on any atom is 0.255 e. The summed E-state index contributed by atoms with van der Waals surface area (Å²) in [7, 11) is -3.00. The second-order valence-corrected chi connectivity index (χ2v) is 8.46. The Morgan fingerprint density at radius 2 is 1.80 bits per heavy atom. The predicted octanol–water partition coefficient (Wildman–Crippen LogP) is 2.13. The third-order valence-electron chi connectivity index (χ3n) is 4.31. The summed E-state index contributed by atoms with van der Waals surface area (Å²) < 4.78 is 22.9. The van der Waals surface area contributed by atoms with Crippen molar-refractivity contribution in [2.75, 3.05) is 29.9 Å². The average molecular weight is 359 g/mol. The van der Waals surface area contributed by atoms with Gasteiger partial charge in [-0.25, -0.2) is 13.4 Å². The molecule has 0 unspecified atom stereocenters. The lowest BCUT2D eigenvalue weighted by Crippen LogP contribution is -2.43. The van der Waals surface area contributed by atoms with Crippen molar-refractivity contribution in [2.45, 2.75) is 13.0 Å². The van der Waals surface area contributed by atoms with Crippen LogP contribution in [0.2, 0.25) is 0 Å². The highest BCUT2D eigenvalue weighted by molar-refractivity contribution is 7.91. The first-order valence-electron chi connectivity index (χ1n) is 8.22. The highest BCUT2D eigenvalue weighted by Gasteiger charge is 2.25. The van der Waals surface area contributed by atoms with Crippen LogP contribution >= 0.6 is 0 Å². The fraction of sp³-hybridized carbons (Fsp3) is 0.333. The molecule has 0 bridgehead atoms. The number of rotatable bonds is 4. The molecule has 0 saturated carbocycles. The topological polar surface area (TPSA) is 79.4 Å². The zero-order valence-corrected chi connectivity index (χ0v) is 14.9. The molecule has 1 amide bonds. The molecule has 1 aliphatic rings. The number of hydrogen-bond acceptors (Lipinski definition) is 5. The molecule has 1 saturated heterocycles. The summed E-state index contributed by atoms with van der Waals surface area (Å²) in [4.78, 5) is 18.3. The maximum absolute atomic E-state index is 12.4. The van der Waals surface area contributed by atoms with Crippen LogP contribution in [0.4, 0.5) is 5.82 Å². The molecule has 2 aromatic rings. The van der Waals surface area contributed by atoms with Gasteiger partial charge in [-0.1, -0.05) is 30.3 Å². The van der Waals surface area contributed by atoms with Crippen molar-refractivity contribution in [2.24, 2.45) is 0 Å². The van der Waals surface area contributed by atoms with E-state index in [4.69, 9.17) is 0 Å². The van der Waals surface area contributed by atoms with Gasteiger partial charge in [-0.3, -0.25) is 4.79 Å². The Morgan fingerprint density at radius 1 is 1.12 bits per heavy atom. The van der Waals surface area contributed by atoms with Gasteiger partial charge >= 0.3 is 0 Å². The fourth-order valence-electron chi connectivity index (χ4n) is 2.75. The van der Waals surface area contributed by atoms with Crippen molar-refractivity contribution in [3.8, 4) is 0 Å². The van der Waals surface area contributed by atoms with Crippen LogP contribution in [0.25, 0.3) is 0 Å². The first-order valence-corrected chi connectivity index (χ1v) is 10.0. The summed E-state index contributed by atoms with van der Waals surface area (Å²) in [6.07, 6.45) is 1.53. The number of carbonyl (C=O) groups excluding carboxylic acids is 1. The van der Waals surface area contributed by atoms with Gasteiger partial charge in [0.15, 0.2) is 9.84 Å². The van der Waals surface area contributed by atoms with Gasteiger partial charge in [-0.15, -0.1) is 0 Å². The van der Waals surface area contributed by atoms with E-state index in [-0.39, 0.29) is 36.5 Å². The van der Waals surface area contributed by atoms with Crippen LogP contribution in [0.15, 0.2) is 48.7 Å². The molecule has 1 aliphatic heterocycles. The minimum absolute atomic E-state index is 0.0282. The smallest absolute Gasteiger partial charge is 0.255 e. The molecule has 1 atom stereocenters. The van der Waals surface area contributed by atoms with Crippen molar-refractivity contribution in [1.29, 1.82) is 0 Å². The number of pyridine rings is 1. The lowest BCUT2D eigenvalue weighted by molar-refractivity contribution is 0.0770. The van der Waals surface area contributed by atoms with Crippen LogP contribution in [0.5, 0.6) is 0 Å². The Kier molecular flexibility index (Phi) is 5.03. The van der Waals surface area contributed by atoms with E-state index in [1.807, 2.05) is 37.3 Å². The van der Waals surface area contributed by atoms with Crippen LogP contribution in [-0.4, -0.2) is 48.8 Å². The van der Waals surface area contributed by atoms with Crippen molar-refractivity contribution >= 4 is 21.6 Å². The first kappa shape index (κ1) is 17.4. The Bertz CT molecular complexity index is 822. The van der Waals surface area contributed by atoms with Gasteiger partial charge in [0.25, 0.3) is 5.91 Å². The van der Waals surface area contributed by atoms with Crippen molar-refractivity contribution < 1.29 is 13.2 Å². The summed E-state index contributed by atoms with van der Waals surface area (Å²) in [6, 6.07) is 13.6. The lowest BCUT2D eigenvalue weighted by Gasteiger charge is -2.26. The van der Waals surface area contributed by atoms with Gasteiger partial charge < -0.3 is 10.2 Å². The van der Waals surface area contributed by atoms with E-state index in [1.165, 1.54) is 6.20 Å². The molecule has 1 aromatic heterocycles. The average Bonchev–Trinajstić information content (AvgIpc) is 2.62. The van der Waals surface area contributed by atoms with Gasteiger partial charge in [0.1, 0.15) is 5.82 Å². The minimum atomic E-state index is -3.00. The molecule has 2 heterocycles. The summed E-state index contributed by atoms with van der Waals surface area (Å²) in [6.45, 7) is 2.53. The summed E-state index contributed by atoms with van der Waals surface area (Å²) in [5, 5.41) is 3.30. The second kappa shape index (κ2) is 7.23. The largest absolute Gasteiger partial charge is 0.364 e. The highest BCUT2D eigenvalue weighted by atomic mass is 32.2. The Hall–Kier alpha value is -2.41. The van der Waals surface area contributed by atoms with Crippen LogP contribution < -0.4 is 5.32 Å². The van der Waals surface area contributed by atoms with Gasteiger partial charge in [0.2, 0.25) is 0 Å². The number of nitrogens with one attached hydrogen (secondary N) is 1. The monoisotopic (exact) mass is 359 g/mol. The third kappa shape index (κ3) is 4.36. The Balaban J connectivity index is 1.63. The van der Waals surface area contributed by atoms with E-state index in [9.17, 15) is 13.2 Å². The summed E-state index contributed by atoms with van der Waals surface area (Å²) >= 11 is 0. The Labute approximate surface area is 147 Å². The van der Waals surface area contributed by atoms with Crippen molar-refractivity contribution in [3.05, 3.63) is 59.8 Å². The normalized spacial score (nSPS) is 17.7. The maximum atomic E-state index is 12.4. The van der Waals surface area contributed by atoms with Gasteiger partial charge in [-0.2, -0.15) is 0 Å². The van der Waals surface area contributed by atoms with E-state index in [1.54, 1.807) is 17.0 Å². The van der Waals surface area contributed by atoms with Crippen LogP contribution in [0, 0.1) is 0 Å². The van der Waals surface area contributed by atoms with Crippen molar-refractivity contribution in [3.63, 3.8) is 0 Å². The molecule has 0 aliphatic carbocycles. The third-order valence-corrected chi connectivity index (χ3v) is 5.92. The standard InChI is InChI=1S/C18H21N3O3S/c1-14(15-5-3-2-4-6-15)20-17-8-7-16(13-19-17)18(22)21-9-11-25(23,24)12-10-21/h2-8,13-14H,9-12H2,1H3,(H,19,20)/t14-/m0/s1. The fourth-order valence-corrected chi connectivity index (χ4v) is 3.95. The number of benzene rings is 1. The molecule has 132 valence electrons. The number of nitrogens with zero attached hydrogens (tertiary/aromatic N) is 2. The van der Waals surface area contributed by atoms with E-state index < -0.39 is 9.84 Å². The molecule has 25 heavy (non-hydrogen) atoms. The number of carbonyl (C=O) groups is 1. The molecular weight excluding hydrogens is 338 g/mol. The molecule has 3 rings (SSSR count). The van der Waals surface area contributed by atoms with E-state index in [2.05, 4.69) is 10.3 Å². The van der Waals surface area contributed by atoms with E-state index in [0.29, 0.717) is 11.4 Å². The van der Waals surface area contributed by atoms with Gasteiger partial charge in [0, 0.05) is 25.3 Å². The van der Waals surface area contributed by atoms with Crippen LogP contribution in [0.1, 0.15) is 28.9 Å². The van der Waals surface area contributed by atoms with Gasteiger partial charge in [0.05, 0.1) is 17.1 Å². The molecular formula is C18H21N3O3S. The first-order chi connectivity index (χ1) is 11.9. The minimum Gasteiger partial charge on any atom is -0.364 e. The lowest BCUT2D eigenvalue weighted by atomic mass is 10.1. The predicted molar refractivity (Wildman–Crippen MR) is 97.3 cm³/mol. The zero-order chi connectivity index (χ0) is 17.9. The number of aromatic nitrogens is 1. The molecule has 1 aromatic carbocycles. The molecule has 0 radical (unpaired) electrons. The Morgan fingerprint density at radius 3 is 2.40 bits per heavy atom. The zero-order valence-electron chi connectivity index (χ0n) is 14.1. The molecule has 6 nitrogen and oxygen atoms in total. The number of sulfone groups is 1. The highest BCUT2D eigenvalue weighted by Crippen LogP contribution is 2.18. The summed E-state index contributed by atoms with van der Waals surface area (Å²) in [5.41, 5.74) is 1.62. The van der Waals surface area contributed by atoms with Gasteiger partial charge in [-0.05, 0) is 24.6 Å².